The third kappa shape index (κ3) is 2.92. The van der Waals surface area contributed by atoms with Crippen LogP contribution in [0.1, 0.15) is 52.5 Å². The van der Waals surface area contributed by atoms with Crippen molar-refractivity contribution in [3.8, 4) is 0 Å². The minimum atomic E-state index is -0.476. The lowest BCUT2D eigenvalue weighted by atomic mass is 9.76. The highest BCUT2D eigenvalue weighted by Crippen LogP contribution is 2.31. The second-order valence-electron chi connectivity index (χ2n) is 6.82. The normalized spacial score (nSPS) is 17.6. The molecule has 25 heavy (non-hydrogen) atoms. The Kier molecular flexibility index (Phi) is 3.82. The van der Waals surface area contributed by atoms with Crippen LogP contribution in [0.3, 0.4) is 0 Å². The molecule has 2 aromatic heterocycles. The Hall–Kier alpha value is -2.64. The Bertz CT molecular complexity index is 821. The van der Waals surface area contributed by atoms with Crippen molar-refractivity contribution in [2.75, 3.05) is 6.54 Å². The average molecular weight is 345 g/mol. The van der Waals surface area contributed by atoms with Gasteiger partial charge in [-0.05, 0) is 25.7 Å². The summed E-state index contributed by atoms with van der Waals surface area (Å²) in [6.07, 6.45) is 7.22. The predicted octanol–water partition coefficient (Wildman–Crippen LogP) is 1.38. The molecule has 2 aromatic rings. The van der Waals surface area contributed by atoms with Crippen molar-refractivity contribution >= 4 is 11.8 Å². The van der Waals surface area contributed by atoms with Crippen LogP contribution in [0.15, 0.2) is 18.5 Å². The summed E-state index contributed by atoms with van der Waals surface area (Å²) in [4.78, 5) is 31.6. The number of imidazole rings is 1. The van der Waals surface area contributed by atoms with Gasteiger partial charge in [-0.2, -0.15) is 0 Å². The lowest BCUT2D eigenvalue weighted by Gasteiger charge is -2.42. The predicted molar refractivity (Wildman–Crippen MR) is 87.7 cm³/mol. The van der Waals surface area contributed by atoms with Crippen LogP contribution < -0.4 is 10.6 Å². The number of fused-ring (bicyclic) bond motifs is 1. The van der Waals surface area contributed by atoms with E-state index in [9.17, 15) is 14.0 Å². The van der Waals surface area contributed by atoms with Gasteiger partial charge < -0.3 is 20.2 Å². The van der Waals surface area contributed by atoms with E-state index in [0.29, 0.717) is 12.2 Å². The van der Waals surface area contributed by atoms with Gasteiger partial charge in [0, 0.05) is 31.8 Å². The average Bonchev–Trinajstić information content (AvgIpc) is 3.25. The molecule has 1 aliphatic carbocycles. The quantitative estimate of drug-likeness (QED) is 0.764. The third-order valence-electron chi connectivity index (χ3n) is 5.12. The van der Waals surface area contributed by atoms with Crippen molar-refractivity contribution in [3.63, 3.8) is 0 Å². The zero-order valence-corrected chi connectivity index (χ0v) is 13.8. The van der Waals surface area contributed by atoms with E-state index >= 15 is 0 Å². The molecule has 0 aromatic carbocycles. The summed E-state index contributed by atoms with van der Waals surface area (Å²) < 4.78 is 15.0. The Morgan fingerprint density at radius 3 is 2.84 bits per heavy atom. The minimum Gasteiger partial charge on any atom is -0.355 e. The van der Waals surface area contributed by atoms with E-state index in [0.717, 1.165) is 56.7 Å². The molecular weight excluding hydrogens is 325 g/mol. The molecule has 132 valence electrons. The van der Waals surface area contributed by atoms with Gasteiger partial charge in [0.2, 0.25) is 0 Å². The first-order chi connectivity index (χ1) is 12.1. The fourth-order valence-electron chi connectivity index (χ4n) is 3.54. The second kappa shape index (κ2) is 6.02. The Morgan fingerprint density at radius 1 is 1.32 bits per heavy atom. The molecule has 2 aliphatic rings. The van der Waals surface area contributed by atoms with Crippen molar-refractivity contribution in [3.05, 3.63) is 41.5 Å². The topological polar surface area (TPSA) is 91.8 Å². The molecule has 0 spiro atoms. The van der Waals surface area contributed by atoms with Crippen LogP contribution in [0.4, 0.5) is 4.39 Å². The number of amides is 2. The summed E-state index contributed by atoms with van der Waals surface area (Å²) in [5, 5.41) is 5.86. The molecule has 0 bridgehead atoms. The maximum absolute atomic E-state index is 13.1. The first-order valence-corrected chi connectivity index (χ1v) is 8.55. The maximum atomic E-state index is 13.1. The van der Waals surface area contributed by atoms with E-state index in [1.54, 1.807) is 6.20 Å². The van der Waals surface area contributed by atoms with Gasteiger partial charge in [-0.15, -0.1) is 0 Å². The van der Waals surface area contributed by atoms with Gasteiger partial charge in [0.05, 0.1) is 11.7 Å². The SMILES string of the molecule is O=C(NC1(CNC(=O)c2cnc3n2CCC3)CCC1)c1cc(F)c[nH]1. The number of carbonyl (C=O) groups excluding carboxylic acids is 2. The monoisotopic (exact) mass is 345 g/mol. The largest absolute Gasteiger partial charge is 0.355 e. The number of aryl methyl sites for hydroxylation is 1. The number of carbonyl (C=O) groups is 2. The molecule has 3 N–H and O–H groups in total. The van der Waals surface area contributed by atoms with Crippen molar-refractivity contribution in [1.29, 1.82) is 0 Å². The molecule has 8 heteroatoms. The van der Waals surface area contributed by atoms with E-state index in [-0.39, 0.29) is 17.5 Å². The van der Waals surface area contributed by atoms with E-state index in [4.69, 9.17) is 0 Å². The lowest BCUT2D eigenvalue weighted by Crippen LogP contribution is -2.60. The fourth-order valence-corrected chi connectivity index (χ4v) is 3.54. The molecule has 3 heterocycles. The highest BCUT2D eigenvalue weighted by molar-refractivity contribution is 5.94. The van der Waals surface area contributed by atoms with Crippen LogP contribution in [-0.4, -0.2) is 38.4 Å². The van der Waals surface area contributed by atoms with Crippen LogP contribution >= 0.6 is 0 Å². The number of aromatic nitrogens is 3. The van der Waals surface area contributed by atoms with Crippen molar-refractivity contribution in [2.45, 2.75) is 44.2 Å². The standard InChI is InChI=1S/C17H20FN5O2/c18-11-7-12(19-8-11)15(24)22-17(4-2-5-17)10-21-16(25)13-9-20-14-3-1-6-23(13)14/h7-9,19H,1-6,10H2,(H,21,25)(H,22,24). The molecule has 0 atom stereocenters. The molecule has 0 saturated heterocycles. The number of halogens is 1. The van der Waals surface area contributed by atoms with Crippen LogP contribution in [-0.2, 0) is 13.0 Å². The Morgan fingerprint density at radius 2 is 2.16 bits per heavy atom. The minimum absolute atomic E-state index is 0.174. The number of hydrogen-bond donors (Lipinski definition) is 3. The first-order valence-electron chi connectivity index (χ1n) is 8.55. The fraction of sp³-hybridized carbons (Fsp3) is 0.471. The Balaban J connectivity index is 1.40. The van der Waals surface area contributed by atoms with Gasteiger partial charge in [-0.25, -0.2) is 9.37 Å². The molecule has 1 aliphatic heterocycles. The van der Waals surface area contributed by atoms with Gasteiger partial charge in [0.15, 0.2) is 0 Å². The maximum Gasteiger partial charge on any atom is 0.269 e. The van der Waals surface area contributed by atoms with Crippen LogP contribution in [0.5, 0.6) is 0 Å². The molecule has 4 rings (SSSR count). The summed E-state index contributed by atoms with van der Waals surface area (Å²) in [6.45, 7) is 1.17. The van der Waals surface area contributed by atoms with Gasteiger partial charge in [-0.1, -0.05) is 0 Å². The highest BCUT2D eigenvalue weighted by Gasteiger charge is 2.39. The third-order valence-corrected chi connectivity index (χ3v) is 5.12. The number of rotatable bonds is 5. The molecule has 1 fully saturated rings. The van der Waals surface area contributed by atoms with E-state index in [1.807, 2.05) is 4.57 Å². The smallest absolute Gasteiger partial charge is 0.269 e. The molecular formula is C17H20FN5O2. The van der Waals surface area contributed by atoms with Crippen LogP contribution in [0, 0.1) is 5.82 Å². The number of nitrogens with one attached hydrogen (secondary N) is 3. The number of nitrogens with zero attached hydrogens (tertiary/aromatic N) is 2. The number of aromatic amines is 1. The van der Waals surface area contributed by atoms with Crippen LogP contribution in [0.25, 0.3) is 0 Å². The van der Waals surface area contributed by atoms with E-state index in [2.05, 4.69) is 20.6 Å². The molecule has 7 nitrogen and oxygen atoms in total. The van der Waals surface area contributed by atoms with Crippen LogP contribution in [0.2, 0.25) is 0 Å². The van der Waals surface area contributed by atoms with E-state index in [1.165, 1.54) is 0 Å². The second-order valence-corrected chi connectivity index (χ2v) is 6.82. The van der Waals surface area contributed by atoms with Crippen molar-refractivity contribution in [2.24, 2.45) is 0 Å². The van der Waals surface area contributed by atoms with Crippen molar-refractivity contribution in [1.82, 2.24) is 25.2 Å². The van der Waals surface area contributed by atoms with Gasteiger partial charge >= 0.3 is 0 Å². The number of H-pyrrole nitrogens is 1. The summed E-state index contributed by atoms with van der Waals surface area (Å²) in [5.74, 6) is -0.0588. The summed E-state index contributed by atoms with van der Waals surface area (Å²) in [5.41, 5.74) is 0.283. The van der Waals surface area contributed by atoms with Crippen molar-refractivity contribution < 1.29 is 14.0 Å². The van der Waals surface area contributed by atoms with Gasteiger partial charge in [0.25, 0.3) is 11.8 Å². The number of hydrogen-bond acceptors (Lipinski definition) is 3. The molecule has 0 radical (unpaired) electrons. The lowest BCUT2D eigenvalue weighted by molar-refractivity contribution is 0.0783. The molecule has 0 unspecified atom stereocenters. The molecule has 1 saturated carbocycles. The first kappa shape index (κ1) is 15.9. The summed E-state index contributed by atoms with van der Waals surface area (Å²) in [7, 11) is 0. The highest BCUT2D eigenvalue weighted by atomic mass is 19.1. The summed E-state index contributed by atoms with van der Waals surface area (Å²) in [6, 6.07) is 1.16. The zero-order chi connectivity index (χ0) is 17.4. The van der Waals surface area contributed by atoms with Gasteiger partial charge in [0.1, 0.15) is 23.0 Å². The zero-order valence-electron chi connectivity index (χ0n) is 13.8. The Labute approximate surface area is 144 Å². The summed E-state index contributed by atoms with van der Waals surface area (Å²) >= 11 is 0. The van der Waals surface area contributed by atoms with E-state index < -0.39 is 11.4 Å². The van der Waals surface area contributed by atoms with Gasteiger partial charge in [-0.3, -0.25) is 9.59 Å². The molecule has 2 amide bonds.